The summed E-state index contributed by atoms with van der Waals surface area (Å²) in [5, 5.41) is 13.9. The maximum atomic E-state index is 8.56. The first-order valence-electron chi connectivity index (χ1n) is 0.651. The van der Waals surface area contributed by atoms with Crippen LogP contribution in [0.1, 0.15) is 0 Å². The molecule has 0 spiro atoms. The summed E-state index contributed by atoms with van der Waals surface area (Å²) in [6.07, 6.45) is -1.83. The van der Waals surface area contributed by atoms with Gasteiger partial charge in [-0.25, -0.2) is 4.79 Å². The normalized spacial score (nSPS) is 1.85. The van der Waals surface area contributed by atoms with Crippen LogP contribution in [-0.2, 0) is 0 Å². The predicted octanol–water partition coefficient (Wildman–Crippen LogP) is -6.38. The Bertz CT molecular complexity index is 33.1. The zero-order chi connectivity index (χ0) is 3.58. The van der Waals surface area contributed by atoms with Crippen molar-refractivity contribution in [1.29, 1.82) is 0 Å². The van der Waals surface area contributed by atoms with Gasteiger partial charge in [-0.1, -0.05) is 0 Å². The predicted molar refractivity (Wildman–Crippen MR) is 39.6 cm³/mol. The third-order valence-electron chi connectivity index (χ3n) is 0. The summed E-state index contributed by atoms with van der Waals surface area (Å²) in [4.78, 5) is 8.56. The first-order valence-corrected chi connectivity index (χ1v) is 0.651. The molecule has 0 saturated heterocycles. The smallest absolute Gasteiger partial charge is 0.450 e. The van der Waals surface area contributed by atoms with Gasteiger partial charge in [-0.15, -0.1) is 0 Å². The third-order valence-corrected chi connectivity index (χ3v) is 0. The van der Waals surface area contributed by atoms with E-state index < -0.39 is 6.16 Å². The van der Waals surface area contributed by atoms with Crippen LogP contribution in [0.25, 0.3) is 0 Å². The zero-order valence-corrected chi connectivity index (χ0v) is 9.51. The fourth-order valence-corrected chi connectivity index (χ4v) is 0. The molecule has 0 rings (SSSR count). The van der Waals surface area contributed by atoms with Crippen LogP contribution in [0, 0.1) is 40.8 Å². The summed E-state index contributed by atoms with van der Waals surface area (Å²) in [6, 6.07) is 0. The van der Waals surface area contributed by atoms with Crippen LogP contribution in [0.5, 0.6) is 0 Å². The van der Waals surface area contributed by atoms with Gasteiger partial charge in [0.2, 0.25) is 0 Å². The van der Waals surface area contributed by atoms with Crippen molar-refractivity contribution in [2.45, 2.75) is 0 Å². The average Bonchev–Trinajstić information content (AvgIpc) is 0.811. The van der Waals surface area contributed by atoms with Crippen LogP contribution in [0.2, 0.25) is 0 Å². The zero-order valence-electron chi connectivity index (χ0n) is 6.30. The quantitative estimate of drug-likeness (QED) is 0.430. The van der Waals surface area contributed by atoms with Gasteiger partial charge in [0.15, 0.2) is 0 Å². The minimum Gasteiger partial charge on any atom is -0.450 e. The van der Waals surface area contributed by atoms with E-state index in [4.69, 9.17) is 15.0 Å². The molecule has 0 aliphatic carbocycles. The van der Waals surface area contributed by atoms with Crippen molar-refractivity contribution in [3.63, 3.8) is 0 Å². The molecule has 0 fully saturated rings. The fourth-order valence-electron chi connectivity index (χ4n) is 0. The van der Waals surface area contributed by atoms with E-state index in [9.17, 15) is 0 Å². The van der Waals surface area contributed by atoms with E-state index >= 15 is 0 Å². The van der Waals surface area contributed by atoms with Gasteiger partial charge < -0.3 is 54.0 Å². The topological polar surface area (TPSA) is 310 Å². The summed E-state index contributed by atoms with van der Waals surface area (Å²) in [5.41, 5.74) is 0. The standard InChI is InChI=1S/CH2O3.Nd.8H2O/c2-1(3)4;;;;;;;;;/h(H2,2,3,4);;8*1H2. The van der Waals surface area contributed by atoms with Crippen LogP contribution in [-0.4, -0.2) is 60.2 Å². The van der Waals surface area contributed by atoms with Gasteiger partial charge in [0.05, 0.1) is 0 Å². The molecule has 13 heavy (non-hydrogen) atoms. The van der Waals surface area contributed by atoms with Crippen molar-refractivity contribution in [1.82, 2.24) is 0 Å². The van der Waals surface area contributed by atoms with Gasteiger partial charge >= 0.3 is 6.16 Å². The van der Waals surface area contributed by atoms with E-state index in [2.05, 4.69) is 0 Å². The Balaban J connectivity index is -0.00000000125. The first-order chi connectivity index (χ1) is 1.73. The molecule has 0 aliphatic rings. The molecule has 12 heteroatoms. The Hall–Kier alpha value is 0.301. The number of carboxylic acid groups (broad SMARTS) is 2. The van der Waals surface area contributed by atoms with Gasteiger partial charge in [-0.05, 0) is 0 Å². The molecule has 18 N–H and O–H groups in total. The monoisotopic (exact) mass is 348 g/mol. The van der Waals surface area contributed by atoms with Gasteiger partial charge in [0.1, 0.15) is 0 Å². The molecule has 0 radical (unpaired) electrons. The maximum Gasteiger partial charge on any atom is 0.503 e. The Morgan fingerprint density at radius 2 is 0.615 bits per heavy atom. The Kier molecular flexibility index (Phi) is 2050. The molecule has 0 atom stereocenters. The van der Waals surface area contributed by atoms with Crippen LogP contribution in [0.4, 0.5) is 4.79 Å². The van der Waals surface area contributed by atoms with E-state index in [-0.39, 0.29) is 84.6 Å². The second-order valence-electron chi connectivity index (χ2n) is 0.283. The Morgan fingerprint density at radius 1 is 0.615 bits per heavy atom. The molecule has 0 unspecified atom stereocenters. The van der Waals surface area contributed by atoms with Crippen molar-refractivity contribution in [3.05, 3.63) is 0 Å². The molecule has 11 nitrogen and oxygen atoms in total. The van der Waals surface area contributed by atoms with Crippen molar-refractivity contribution in [3.8, 4) is 0 Å². The molecule has 0 bridgehead atoms. The molecule has 0 aromatic carbocycles. The summed E-state index contributed by atoms with van der Waals surface area (Å²) >= 11 is 0. The number of hydrogen-bond donors (Lipinski definition) is 2. The third kappa shape index (κ3) is 14400. The molecule has 0 saturated carbocycles. The van der Waals surface area contributed by atoms with Gasteiger partial charge in [0, 0.05) is 40.8 Å². The summed E-state index contributed by atoms with van der Waals surface area (Å²) in [7, 11) is 0. The molecular formula is CH18NdO11. The van der Waals surface area contributed by atoms with E-state index in [0.29, 0.717) is 0 Å². The molecule has 0 heterocycles. The van der Waals surface area contributed by atoms with E-state index in [1.807, 2.05) is 0 Å². The largest absolute Gasteiger partial charge is 0.503 e. The van der Waals surface area contributed by atoms with E-state index in [1.54, 1.807) is 0 Å². The Labute approximate surface area is 105 Å². The molecule has 0 aliphatic heterocycles. The molecule has 92 valence electrons. The Morgan fingerprint density at radius 3 is 0.615 bits per heavy atom. The molecule has 0 aromatic rings. The minimum absolute atomic E-state index is 0. The number of carbonyl (C=O) groups is 1. The van der Waals surface area contributed by atoms with Crippen LogP contribution >= 0.6 is 0 Å². The van der Waals surface area contributed by atoms with Gasteiger partial charge in [-0.3, -0.25) is 0 Å². The SMILES string of the molecule is O.O.O.O.O.O.O.O.O=C(O)O.[Nd]. The second kappa shape index (κ2) is 144. The van der Waals surface area contributed by atoms with Crippen LogP contribution in [0.15, 0.2) is 0 Å². The van der Waals surface area contributed by atoms with E-state index in [0.717, 1.165) is 0 Å². The summed E-state index contributed by atoms with van der Waals surface area (Å²) < 4.78 is 0. The van der Waals surface area contributed by atoms with Crippen LogP contribution < -0.4 is 0 Å². The van der Waals surface area contributed by atoms with Crippen molar-refractivity contribution in [2.24, 2.45) is 0 Å². The van der Waals surface area contributed by atoms with Crippen LogP contribution in [0.3, 0.4) is 0 Å². The summed E-state index contributed by atoms with van der Waals surface area (Å²) in [5.74, 6) is 0. The molecule has 0 amide bonds. The number of rotatable bonds is 0. The van der Waals surface area contributed by atoms with Crippen molar-refractivity contribution >= 4 is 6.16 Å². The van der Waals surface area contributed by atoms with Gasteiger partial charge in [-0.2, -0.15) is 0 Å². The summed E-state index contributed by atoms with van der Waals surface area (Å²) in [6.45, 7) is 0. The van der Waals surface area contributed by atoms with Crippen molar-refractivity contribution in [2.75, 3.05) is 0 Å². The molecular weight excluding hydrogens is 332 g/mol. The second-order valence-corrected chi connectivity index (χ2v) is 0.283. The number of hydrogen-bond acceptors (Lipinski definition) is 1. The van der Waals surface area contributed by atoms with Crippen molar-refractivity contribution < 1.29 is 99.7 Å². The maximum absolute atomic E-state index is 8.56. The minimum atomic E-state index is -1.83. The first kappa shape index (κ1) is 185. The average molecular weight is 350 g/mol. The fraction of sp³-hybridized carbons (Fsp3) is 0. The molecule has 0 aromatic heterocycles. The van der Waals surface area contributed by atoms with Gasteiger partial charge in [0.25, 0.3) is 0 Å². The van der Waals surface area contributed by atoms with E-state index in [1.165, 1.54) is 0 Å².